The highest BCUT2D eigenvalue weighted by Gasteiger charge is 2.32. The summed E-state index contributed by atoms with van der Waals surface area (Å²) in [5.74, 6) is 2.24. The number of nitrogens with zero attached hydrogens (tertiary/aromatic N) is 8. The maximum absolute atomic E-state index is 13.7. The fraction of sp³-hybridized carbons (Fsp3) is 0.462. The molecule has 1 N–H and O–H groups in total. The van der Waals surface area contributed by atoms with Crippen LogP contribution in [0.25, 0.3) is 22.6 Å². The molecule has 0 saturated heterocycles. The van der Waals surface area contributed by atoms with E-state index in [1.54, 1.807) is 24.1 Å². The highest BCUT2D eigenvalue weighted by molar-refractivity contribution is 7.91. The SMILES string of the molecule is CC[C@@H](C)n1c(=O)c(NCc2ncc([S+]([O-])CC)cn2)nc2c(C)nc(-c3c(OC)ncnc3C3CC3)nc21. The Morgan fingerprint density at radius 3 is 2.54 bits per heavy atom. The molecule has 1 aliphatic carbocycles. The van der Waals surface area contributed by atoms with Crippen LogP contribution in [0.2, 0.25) is 0 Å². The zero-order chi connectivity index (χ0) is 27.7. The predicted octanol–water partition coefficient (Wildman–Crippen LogP) is 3.34. The lowest BCUT2D eigenvalue weighted by Gasteiger charge is -2.19. The fourth-order valence-corrected chi connectivity index (χ4v) is 5.01. The van der Waals surface area contributed by atoms with Gasteiger partial charge >= 0.3 is 0 Å². The van der Waals surface area contributed by atoms with Gasteiger partial charge in [0.25, 0.3) is 5.56 Å². The van der Waals surface area contributed by atoms with Crippen LogP contribution in [0.5, 0.6) is 5.88 Å². The summed E-state index contributed by atoms with van der Waals surface area (Å²) in [5, 5.41) is 3.09. The van der Waals surface area contributed by atoms with Crippen LogP contribution in [0, 0.1) is 6.92 Å². The average Bonchev–Trinajstić information content (AvgIpc) is 3.81. The second-order valence-corrected chi connectivity index (χ2v) is 11.2. The first-order valence-electron chi connectivity index (χ1n) is 13.0. The molecule has 4 aromatic heterocycles. The van der Waals surface area contributed by atoms with Gasteiger partial charge in [0.15, 0.2) is 22.2 Å². The minimum atomic E-state index is -1.13. The van der Waals surface area contributed by atoms with Gasteiger partial charge in [-0.25, -0.2) is 34.9 Å². The second kappa shape index (κ2) is 11.2. The number of hydrogen-bond acceptors (Lipinski definition) is 11. The Hall–Kier alpha value is -3.71. The summed E-state index contributed by atoms with van der Waals surface area (Å²) in [6.45, 7) is 7.84. The number of aromatic nitrogens is 8. The van der Waals surface area contributed by atoms with Gasteiger partial charge in [-0.05, 0) is 51.2 Å². The van der Waals surface area contributed by atoms with E-state index in [9.17, 15) is 9.35 Å². The second-order valence-electron chi connectivity index (χ2n) is 9.44. The van der Waals surface area contributed by atoms with Gasteiger partial charge in [0.2, 0.25) is 5.88 Å². The molecule has 1 saturated carbocycles. The molecule has 1 fully saturated rings. The van der Waals surface area contributed by atoms with Crippen LogP contribution in [0.3, 0.4) is 0 Å². The lowest BCUT2D eigenvalue weighted by Crippen LogP contribution is -2.29. The standard InChI is InChI=1S/C26H31N9O3S/c1-6-14(3)35-24-20(33-23(26(35)36)29-12-18-27-10-17(11-28-18)39(37)7-2)15(4)32-22(34-24)19-21(16-8-9-16)30-13-31-25(19)38-5/h10-11,13-14,16H,6-9,12H2,1-5H3,(H,29,33)/t14-,39?/m1/s1. The van der Waals surface area contributed by atoms with Crippen molar-refractivity contribution < 1.29 is 9.29 Å². The molecular formula is C26H31N9O3S. The van der Waals surface area contributed by atoms with Crippen molar-refractivity contribution in [3.05, 3.63) is 46.3 Å². The largest absolute Gasteiger partial charge is 0.611 e. The van der Waals surface area contributed by atoms with Crippen LogP contribution in [-0.2, 0) is 17.7 Å². The summed E-state index contributed by atoms with van der Waals surface area (Å²) in [5.41, 5.74) is 2.78. The number of aryl methyl sites for hydroxylation is 1. The summed E-state index contributed by atoms with van der Waals surface area (Å²) in [6.07, 6.45) is 7.38. The summed E-state index contributed by atoms with van der Waals surface area (Å²) in [7, 11) is 1.56. The van der Waals surface area contributed by atoms with Crippen molar-refractivity contribution >= 4 is 28.2 Å². The van der Waals surface area contributed by atoms with Crippen molar-refractivity contribution in [3.8, 4) is 17.3 Å². The Bertz CT molecular complexity index is 1560. The van der Waals surface area contributed by atoms with Gasteiger partial charge in [0.1, 0.15) is 29.0 Å². The molecule has 0 aromatic carbocycles. The van der Waals surface area contributed by atoms with E-state index in [-0.39, 0.29) is 24.0 Å². The first kappa shape index (κ1) is 26.9. The molecule has 1 aliphatic rings. The zero-order valence-electron chi connectivity index (χ0n) is 22.6. The van der Waals surface area contributed by atoms with Gasteiger partial charge in [-0.2, -0.15) is 0 Å². The normalized spacial score (nSPS) is 14.8. The highest BCUT2D eigenvalue weighted by Crippen LogP contribution is 2.45. The molecule has 0 aliphatic heterocycles. The molecule has 4 heterocycles. The number of rotatable bonds is 10. The van der Waals surface area contributed by atoms with Crippen LogP contribution in [0.4, 0.5) is 5.82 Å². The quantitative estimate of drug-likeness (QED) is 0.289. The summed E-state index contributed by atoms with van der Waals surface area (Å²) in [4.78, 5) is 45.9. The molecule has 0 radical (unpaired) electrons. The topological polar surface area (TPSA) is 157 Å². The van der Waals surface area contributed by atoms with E-state index in [1.165, 1.54) is 6.33 Å². The van der Waals surface area contributed by atoms with E-state index in [4.69, 9.17) is 14.7 Å². The molecule has 0 amide bonds. The third kappa shape index (κ3) is 5.28. The van der Waals surface area contributed by atoms with Gasteiger partial charge in [0.05, 0.1) is 37.4 Å². The van der Waals surface area contributed by atoms with E-state index in [2.05, 4.69) is 30.2 Å². The Morgan fingerprint density at radius 2 is 1.90 bits per heavy atom. The summed E-state index contributed by atoms with van der Waals surface area (Å²) in [6, 6.07) is -0.151. The van der Waals surface area contributed by atoms with Crippen LogP contribution >= 0.6 is 0 Å². The summed E-state index contributed by atoms with van der Waals surface area (Å²) >= 11 is -1.13. The zero-order valence-corrected chi connectivity index (χ0v) is 23.4. The molecule has 5 rings (SSSR count). The monoisotopic (exact) mass is 549 g/mol. The van der Waals surface area contributed by atoms with Gasteiger partial charge < -0.3 is 14.6 Å². The molecule has 2 atom stereocenters. The summed E-state index contributed by atoms with van der Waals surface area (Å²) < 4.78 is 19.2. The van der Waals surface area contributed by atoms with Crippen LogP contribution in [0.15, 0.2) is 28.4 Å². The third-order valence-corrected chi connectivity index (χ3v) is 8.05. The molecule has 0 spiro atoms. The Morgan fingerprint density at radius 1 is 1.15 bits per heavy atom. The van der Waals surface area contributed by atoms with E-state index >= 15 is 0 Å². The third-order valence-electron chi connectivity index (χ3n) is 6.79. The molecule has 39 heavy (non-hydrogen) atoms. The Balaban J connectivity index is 1.58. The smallest absolute Gasteiger partial charge is 0.295 e. The van der Waals surface area contributed by atoms with Gasteiger partial charge in [-0.3, -0.25) is 9.36 Å². The van der Waals surface area contributed by atoms with Gasteiger partial charge in [-0.15, -0.1) is 0 Å². The molecule has 4 aromatic rings. The molecule has 0 bridgehead atoms. The van der Waals surface area contributed by atoms with Crippen molar-refractivity contribution in [2.75, 3.05) is 18.2 Å². The first-order valence-corrected chi connectivity index (χ1v) is 14.3. The van der Waals surface area contributed by atoms with Crippen LogP contribution in [0.1, 0.15) is 69.2 Å². The predicted molar refractivity (Wildman–Crippen MR) is 147 cm³/mol. The lowest BCUT2D eigenvalue weighted by molar-refractivity contribution is 0.397. The Kier molecular flexibility index (Phi) is 7.71. The maximum atomic E-state index is 13.7. The molecule has 13 heteroatoms. The molecule has 204 valence electrons. The fourth-order valence-electron chi connectivity index (χ4n) is 4.33. The lowest BCUT2D eigenvalue weighted by atomic mass is 10.1. The first-order chi connectivity index (χ1) is 18.9. The van der Waals surface area contributed by atoms with E-state index in [0.717, 1.165) is 18.5 Å². The maximum Gasteiger partial charge on any atom is 0.295 e. The molecular weight excluding hydrogens is 518 g/mol. The Labute approximate surface area is 228 Å². The molecule has 12 nitrogen and oxygen atoms in total. The van der Waals surface area contributed by atoms with Crippen molar-refractivity contribution in [1.29, 1.82) is 0 Å². The highest BCUT2D eigenvalue weighted by atomic mass is 32.2. The van der Waals surface area contributed by atoms with E-state index in [0.29, 0.717) is 62.9 Å². The number of ether oxygens (including phenoxy) is 1. The van der Waals surface area contributed by atoms with E-state index < -0.39 is 11.2 Å². The van der Waals surface area contributed by atoms with Gasteiger partial charge in [0, 0.05) is 12.0 Å². The van der Waals surface area contributed by atoms with Crippen molar-refractivity contribution in [2.24, 2.45) is 0 Å². The van der Waals surface area contributed by atoms with Crippen molar-refractivity contribution in [1.82, 2.24) is 39.5 Å². The van der Waals surface area contributed by atoms with Gasteiger partial charge in [-0.1, -0.05) is 6.92 Å². The average molecular weight is 550 g/mol. The number of methoxy groups -OCH3 is 1. The van der Waals surface area contributed by atoms with E-state index in [1.807, 2.05) is 27.7 Å². The number of anilines is 1. The van der Waals surface area contributed by atoms with Crippen molar-refractivity contribution in [3.63, 3.8) is 0 Å². The van der Waals surface area contributed by atoms with Crippen LogP contribution < -0.4 is 15.6 Å². The minimum Gasteiger partial charge on any atom is -0.611 e. The van der Waals surface area contributed by atoms with Crippen molar-refractivity contribution in [2.45, 2.75) is 70.4 Å². The number of nitrogens with one attached hydrogen (secondary N) is 1. The van der Waals surface area contributed by atoms with Crippen LogP contribution in [-0.4, -0.2) is 56.9 Å². The minimum absolute atomic E-state index is 0.151. The number of hydrogen-bond donors (Lipinski definition) is 1. The number of fused-ring (bicyclic) bond motifs is 1. The molecule has 1 unspecified atom stereocenters.